The van der Waals surface area contributed by atoms with Crippen LogP contribution in [0.1, 0.15) is 22.0 Å². The van der Waals surface area contributed by atoms with E-state index in [-0.39, 0.29) is 5.82 Å². The maximum atomic E-state index is 12.5. The molecule has 0 aliphatic carbocycles. The molecule has 2 aromatic carbocycles. The molecule has 3 heterocycles. The standard InChI is InChI=1S/C20H14N4O3/c1-11-9-12(2)24-20(21-11)22-18(23-24)19(25)26-13-7-8-17-15(10-13)14-5-3-4-6-16(14)27-17/h3-10H,1-2H3. The molecule has 0 aliphatic heterocycles. The smallest absolute Gasteiger partial charge is 0.383 e. The van der Waals surface area contributed by atoms with E-state index in [1.165, 1.54) is 4.52 Å². The van der Waals surface area contributed by atoms with Gasteiger partial charge in [0.15, 0.2) is 0 Å². The van der Waals surface area contributed by atoms with Gasteiger partial charge in [0.1, 0.15) is 16.9 Å². The number of ether oxygens (including phenoxy) is 1. The maximum absolute atomic E-state index is 12.5. The normalized spacial score (nSPS) is 11.5. The number of carbonyl (C=O) groups excluding carboxylic acids is 1. The second-order valence-corrected chi connectivity index (χ2v) is 6.33. The molecule has 0 fully saturated rings. The molecule has 0 bridgehead atoms. The monoisotopic (exact) mass is 358 g/mol. The fourth-order valence-corrected chi connectivity index (χ4v) is 3.17. The van der Waals surface area contributed by atoms with E-state index >= 15 is 0 Å². The van der Waals surface area contributed by atoms with Crippen LogP contribution in [0.25, 0.3) is 27.7 Å². The van der Waals surface area contributed by atoms with Crippen molar-refractivity contribution in [3.63, 3.8) is 0 Å². The molecule has 0 aliphatic rings. The van der Waals surface area contributed by atoms with E-state index in [2.05, 4.69) is 15.1 Å². The number of para-hydroxylation sites is 1. The summed E-state index contributed by atoms with van der Waals surface area (Å²) in [5.74, 6) is 0.104. The number of carbonyl (C=O) groups is 1. The number of furan rings is 1. The summed E-state index contributed by atoms with van der Waals surface area (Å²) in [7, 11) is 0. The van der Waals surface area contributed by atoms with E-state index in [0.29, 0.717) is 11.5 Å². The largest absolute Gasteiger partial charge is 0.456 e. The quantitative estimate of drug-likeness (QED) is 0.352. The van der Waals surface area contributed by atoms with Gasteiger partial charge in [0.05, 0.1) is 0 Å². The molecule has 7 nitrogen and oxygen atoms in total. The molecule has 27 heavy (non-hydrogen) atoms. The first-order valence-corrected chi connectivity index (χ1v) is 8.43. The van der Waals surface area contributed by atoms with Crippen LogP contribution < -0.4 is 4.74 Å². The Balaban J connectivity index is 1.52. The van der Waals surface area contributed by atoms with Crippen LogP contribution >= 0.6 is 0 Å². The first-order valence-electron chi connectivity index (χ1n) is 8.43. The van der Waals surface area contributed by atoms with Crippen LogP contribution in [0, 0.1) is 13.8 Å². The van der Waals surface area contributed by atoms with E-state index < -0.39 is 5.97 Å². The second-order valence-electron chi connectivity index (χ2n) is 6.33. The number of rotatable bonds is 2. The zero-order chi connectivity index (χ0) is 18.5. The predicted octanol–water partition coefficient (Wildman–Crippen LogP) is 3.86. The van der Waals surface area contributed by atoms with Crippen molar-refractivity contribution in [3.05, 3.63) is 65.7 Å². The minimum Gasteiger partial charge on any atom is -0.456 e. The highest BCUT2D eigenvalue weighted by molar-refractivity contribution is 6.05. The van der Waals surface area contributed by atoms with Crippen LogP contribution in [0.4, 0.5) is 0 Å². The fourth-order valence-electron chi connectivity index (χ4n) is 3.17. The fraction of sp³-hybridized carbons (Fsp3) is 0.100. The SMILES string of the molecule is Cc1cc(C)n2nc(C(=O)Oc3ccc4oc5ccccc5c4c3)nc2n1. The van der Waals surface area contributed by atoms with E-state index in [1.54, 1.807) is 18.2 Å². The highest BCUT2D eigenvalue weighted by Crippen LogP contribution is 2.31. The van der Waals surface area contributed by atoms with Gasteiger partial charge in [0.2, 0.25) is 0 Å². The van der Waals surface area contributed by atoms with Crippen LogP contribution in [0.2, 0.25) is 0 Å². The topological polar surface area (TPSA) is 82.5 Å². The minimum absolute atomic E-state index is 0.0339. The number of esters is 1. The number of benzene rings is 2. The summed E-state index contributed by atoms with van der Waals surface area (Å²) in [4.78, 5) is 21.0. The van der Waals surface area contributed by atoms with E-state index in [0.717, 1.165) is 33.3 Å². The number of hydrogen-bond acceptors (Lipinski definition) is 6. The van der Waals surface area contributed by atoms with Crippen molar-refractivity contribution in [1.82, 2.24) is 19.6 Å². The predicted molar refractivity (Wildman–Crippen MR) is 98.9 cm³/mol. The molecule has 5 aromatic rings. The average Bonchev–Trinajstić information content (AvgIpc) is 3.23. The van der Waals surface area contributed by atoms with Crippen molar-refractivity contribution in [3.8, 4) is 5.75 Å². The van der Waals surface area contributed by atoms with Gasteiger partial charge in [-0.15, -0.1) is 5.10 Å². The zero-order valence-corrected chi connectivity index (χ0v) is 14.6. The molecule has 5 rings (SSSR count). The van der Waals surface area contributed by atoms with Gasteiger partial charge >= 0.3 is 5.97 Å². The number of fused-ring (bicyclic) bond motifs is 4. The van der Waals surface area contributed by atoms with Gasteiger partial charge in [-0.1, -0.05) is 18.2 Å². The highest BCUT2D eigenvalue weighted by atomic mass is 16.5. The lowest BCUT2D eigenvalue weighted by atomic mass is 10.1. The number of aryl methyl sites for hydroxylation is 2. The van der Waals surface area contributed by atoms with Crippen molar-refractivity contribution >= 4 is 33.7 Å². The average molecular weight is 358 g/mol. The third-order valence-corrected chi connectivity index (χ3v) is 4.36. The molecule has 0 saturated heterocycles. The van der Waals surface area contributed by atoms with Crippen molar-refractivity contribution < 1.29 is 13.9 Å². The van der Waals surface area contributed by atoms with Gasteiger partial charge < -0.3 is 9.15 Å². The van der Waals surface area contributed by atoms with Gasteiger partial charge in [-0.3, -0.25) is 0 Å². The first-order chi connectivity index (χ1) is 13.1. The van der Waals surface area contributed by atoms with Crippen LogP contribution in [0.15, 0.2) is 52.9 Å². The molecule has 132 valence electrons. The second kappa shape index (κ2) is 5.63. The number of aromatic nitrogens is 4. The van der Waals surface area contributed by atoms with Crippen LogP contribution in [0.3, 0.4) is 0 Å². The molecule has 0 spiro atoms. The summed E-state index contributed by atoms with van der Waals surface area (Å²) >= 11 is 0. The van der Waals surface area contributed by atoms with E-state index in [9.17, 15) is 4.79 Å². The van der Waals surface area contributed by atoms with Crippen molar-refractivity contribution in [2.75, 3.05) is 0 Å². The van der Waals surface area contributed by atoms with Gasteiger partial charge in [-0.05, 0) is 44.2 Å². The molecule has 7 heteroatoms. The highest BCUT2D eigenvalue weighted by Gasteiger charge is 2.18. The van der Waals surface area contributed by atoms with Gasteiger partial charge in [-0.25, -0.2) is 14.3 Å². The lowest BCUT2D eigenvalue weighted by Gasteiger charge is -2.01. The molecule has 0 N–H and O–H groups in total. The summed E-state index contributed by atoms with van der Waals surface area (Å²) in [6.45, 7) is 3.74. The number of nitrogens with zero attached hydrogens (tertiary/aromatic N) is 4. The van der Waals surface area contributed by atoms with Crippen molar-refractivity contribution in [2.24, 2.45) is 0 Å². The van der Waals surface area contributed by atoms with Crippen LogP contribution in [-0.2, 0) is 0 Å². The Bertz CT molecular complexity index is 1350. The van der Waals surface area contributed by atoms with Crippen LogP contribution in [0.5, 0.6) is 5.75 Å². The van der Waals surface area contributed by atoms with Crippen molar-refractivity contribution in [1.29, 1.82) is 0 Å². The summed E-state index contributed by atoms with van der Waals surface area (Å²) in [5.41, 5.74) is 3.17. The number of hydrogen-bond donors (Lipinski definition) is 0. The van der Waals surface area contributed by atoms with E-state index in [1.807, 2.05) is 44.2 Å². The van der Waals surface area contributed by atoms with Crippen LogP contribution in [-0.4, -0.2) is 25.6 Å². The Morgan fingerprint density at radius 3 is 2.70 bits per heavy atom. The Morgan fingerprint density at radius 1 is 1.00 bits per heavy atom. The molecule has 3 aromatic heterocycles. The molecule has 0 unspecified atom stereocenters. The third kappa shape index (κ3) is 2.52. The molecule has 0 radical (unpaired) electrons. The lowest BCUT2D eigenvalue weighted by molar-refractivity contribution is 0.0722. The molecular formula is C20H14N4O3. The Labute approximate surface area is 153 Å². The molecule has 0 saturated carbocycles. The Hall–Kier alpha value is -3.74. The summed E-state index contributed by atoms with van der Waals surface area (Å²) in [6.07, 6.45) is 0. The van der Waals surface area contributed by atoms with Gasteiger partial charge in [0.25, 0.3) is 11.6 Å². The Morgan fingerprint density at radius 2 is 1.81 bits per heavy atom. The maximum Gasteiger partial charge on any atom is 0.383 e. The zero-order valence-electron chi connectivity index (χ0n) is 14.6. The Kier molecular flexibility index (Phi) is 3.24. The summed E-state index contributed by atoms with van der Waals surface area (Å²) in [6, 6.07) is 14.8. The molecule has 0 atom stereocenters. The van der Waals surface area contributed by atoms with Gasteiger partial charge in [-0.2, -0.15) is 4.98 Å². The van der Waals surface area contributed by atoms with Crippen molar-refractivity contribution in [2.45, 2.75) is 13.8 Å². The lowest BCUT2D eigenvalue weighted by Crippen LogP contribution is -2.10. The van der Waals surface area contributed by atoms with E-state index in [4.69, 9.17) is 9.15 Å². The van der Waals surface area contributed by atoms with Gasteiger partial charge in [0, 0.05) is 22.2 Å². The first kappa shape index (κ1) is 15.5. The third-order valence-electron chi connectivity index (χ3n) is 4.36. The summed E-state index contributed by atoms with van der Waals surface area (Å²) < 4.78 is 12.8. The molecule has 0 amide bonds. The summed E-state index contributed by atoms with van der Waals surface area (Å²) in [5, 5.41) is 6.05. The minimum atomic E-state index is -0.635. The molecular weight excluding hydrogens is 344 g/mol.